The van der Waals surface area contributed by atoms with Crippen molar-refractivity contribution < 1.29 is 19.4 Å². The first kappa shape index (κ1) is 22.5. The highest BCUT2D eigenvalue weighted by atomic mass is 127. The number of aliphatic hydroxyl groups excluding tert-OH is 1. The molecule has 1 aromatic heterocycles. The Morgan fingerprint density at radius 1 is 1.06 bits per heavy atom. The van der Waals surface area contributed by atoms with Crippen molar-refractivity contribution in [3.63, 3.8) is 0 Å². The van der Waals surface area contributed by atoms with Gasteiger partial charge in [-0.3, -0.25) is 14.5 Å². The largest absolute Gasteiger partial charge is 0.507 e. The molecular formula is C26H19IN2O4S. The van der Waals surface area contributed by atoms with Crippen LogP contribution in [0.1, 0.15) is 22.7 Å². The topological polar surface area (TPSA) is 79.7 Å². The van der Waals surface area contributed by atoms with E-state index in [0.717, 1.165) is 13.8 Å². The number of hydrogen-bond acceptors (Lipinski definition) is 6. The third-order valence-corrected chi connectivity index (χ3v) is 7.48. The van der Waals surface area contributed by atoms with Gasteiger partial charge < -0.3 is 9.84 Å². The number of Topliss-reactive ketones (excluding diaryl/α,β-unsaturated/α-hetero) is 1. The number of amides is 1. The predicted molar refractivity (Wildman–Crippen MR) is 141 cm³/mol. The third-order valence-electron chi connectivity index (χ3n) is 5.75. The first-order chi connectivity index (χ1) is 16.4. The molecule has 5 rings (SSSR count). The van der Waals surface area contributed by atoms with Crippen LogP contribution in [0.2, 0.25) is 0 Å². The second-order valence-corrected chi connectivity index (χ2v) is 10.2. The van der Waals surface area contributed by atoms with Gasteiger partial charge in [-0.25, -0.2) is 4.98 Å². The summed E-state index contributed by atoms with van der Waals surface area (Å²) in [5.74, 6) is -0.979. The number of halogens is 1. The number of ether oxygens (including phenoxy) is 1. The Bertz CT molecular complexity index is 1460. The molecule has 1 aliphatic heterocycles. The maximum absolute atomic E-state index is 13.3. The van der Waals surface area contributed by atoms with Gasteiger partial charge in [-0.05, 0) is 65.4 Å². The Hall–Kier alpha value is -3.24. The fourth-order valence-electron chi connectivity index (χ4n) is 3.98. The molecule has 1 amide bonds. The van der Waals surface area contributed by atoms with E-state index < -0.39 is 17.7 Å². The minimum absolute atomic E-state index is 0.0481. The number of aryl methyl sites for hydroxylation is 1. The van der Waals surface area contributed by atoms with E-state index in [1.165, 1.54) is 16.2 Å². The normalized spacial score (nSPS) is 17.5. The third kappa shape index (κ3) is 3.86. The van der Waals surface area contributed by atoms with E-state index in [-0.39, 0.29) is 11.3 Å². The number of anilines is 1. The molecule has 6 nitrogen and oxygen atoms in total. The van der Waals surface area contributed by atoms with Crippen molar-refractivity contribution in [2.75, 3.05) is 12.0 Å². The molecule has 4 aromatic rings. The van der Waals surface area contributed by atoms with Crippen molar-refractivity contribution in [2.24, 2.45) is 0 Å². The van der Waals surface area contributed by atoms with Crippen molar-refractivity contribution in [1.82, 2.24) is 4.98 Å². The molecule has 1 atom stereocenters. The Kier molecular flexibility index (Phi) is 5.86. The van der Waals surface area contributed by atoms with Crippen LogP contribution in [0.25, 0.3) is 16.0 Å². The van der Waals surface area contributed by atoms with Crippen LogP contribution in [0.3, 0.4) is 0 Å². The first-order valence-electron chi connectivity index (χ1n) is 10.5. The lowest BCUT2D eigenvalue weighted by molar-refractivity contribution is -0.132. The number of ketones is 1. The van der Waals surface area contributed by atoms with Gasteiger partial charge in [-0.2, -0.15) is 0 Å². The molecule has 1 N–H and O–H groups in total. The van der Waals surface area contributed by atoms with Gasteiger partial charge in [-0.1, -0.05) is 53.3 Å². The van der Waals surface area contributed by atoms with E-state index in [0.29, 0.717) is 27.5 Å². The van der Waals surface area contributed by atoms with E-state index in [1.807, 2.05) is 55.5 Å². The predicted octanol–water partition coefficient (Wildman–Crippen LogP) is 5.84. The van der Waals surface area contributed by atoms with Crippen LogP contribution >= 0.6 is 33.9 Å². The number of carbonyl (C=O) groups is 2. The van der Waals surface area contributed by atoms with Gasteiger partial charge in [0, 0.05) is 9.13 Å². The molecule has 2 heterocycles. The van der Waals surface area contributed by atoms with Crippen LogP contribution in [-0.2, 0) is 9.59 Å². The average molecular weight is 582 g/mol. The molecule has 1 saturated heterocycles. The Labute approximate surface area is 213 Å². The lowest BCUT2D eigenvalue weighted by atomic mass is 9.95. The van der Waals surface area contributed by atoms with Crippen molar-refractivity contribution in [3.8, 4) is 5.75 Å². The SMILES string of the molecule is COc1ccc2nc(N3C(=O)C(=O)C(=C(O)c4ccc(C)cc4)C3c3ccc(I)cc3)sc2c1. The van der Waals surface area contributed by atoms with E-state index in [9.17, 15) is 14.7 Å². The smallest absolute Gasteiger partial charge is 0.301 e. The lowest BCUT2D eigenvalue weighted by Gasteiger charge is -2.23. The van der Waals surface area contributed by atoms with Crippen molar-refractivity contribution >= 4 is 66.7 Å². The summed E-state index contributed by atoms with van der Waals surface area (Å²) in [7, 11) is 1.59. The lowest BCUT2D eigenvalue weighted by Crippen LogP contribution is -2.29. The average Bonchev–Trinajstić information content (AvgIpc) is 3.37. The molecule has 170 valence electrons. The molecule has 34 heavy (non-hydrogen) atoms. The van der Waals surface area contributed by atoms with Gasteiger partial charge in [0.25, 0.3) is 5.78 Å². The molecule has 0 aliphatic carbocycles. The maximum atomic E-state index is 13.3. The van der Waals surface area contributed by atoms with Crippen molar-refractivity contribution in [2.45, 2.75) is 13.0 Å². The summed E-state index contributed by atoms with van der Waals surface area (Å²) in [6.45, 7) is 1.94. The van der Waals surface area contributed by atoms with Crippen LogP contribution in [-0.4, -0.2) is 28.9 Å². The van der Waals surface area contributed by atoms with Crippen molar-refractivity contribution in [3.05, 3.63) is 92.6 Å². The minimum Gasteiger partial charge on any atom is -0.507 e. The van der Waals surface area contributed by atoms with Gasteiger partial charge in [0.2, 0.25) is 0 Å². The summed E-state index contributed by atoms with van der Waals surface area (Å²) >= 11 is 3.50. The van der Waals surface area contributed by atoms with Crippen LogP contribution in [0, 0.1) is 10.5 Å². The van der Waals surface area contributed by atoms with E-state index in [1.54, 1.807) is 25.3 Å². The zero-order valence-corrected chi connectivity index (χ0v) is 21.3. The van der Waals surface area contributed by atoms with E-state index >= 15 is 0 Å². The second-order valence-electron chi connectivity index (χ2n) is 7.92. The molecule has 8 heteroatoms. The molecular weight excluding hydrogens is 563 g/mol. The number of rotatable bonds is 4. The highest BCUT2D eigenvalue weighted by molar-refractivity contribution is 14.1. The summed E-state index contributed by atoms with van der Waals surface area (Å²) in [6.07, 6.45) is 0. The van der Waals surface area contributed by atoms with Gasteiger partial charge in [0.05, 0.1) is 28.9 Å². The Balaban J connectivity index is 1.71. The number of benzene rings is 3. The number of aromatic nitrogens is 1. The standard InChI is InChI=1S/C26H19IN2O4S/c1-14-3-5-16(6-4-14)23(30)21-22(15-7-9-17(27)10-8-15)29(25(32)24(21)31)26-28-19-12-11-18(33-2)13-20(19)34-26/h3-13,22,30H,1-2H3. The summed E-state index contributed by atoms with van der Waals surface area (Å²) in [5, 5.41) is 11.6. The highest BCUT2D eigenvalue weighted by Crippen LogP contribution is 2.44. The van der Waals surface area contributed by atoms with Gasteiger partial charge in [0.1, 0.15) is 11.5 Å². The number of carbonyl (C=O) groups excluding carboxylic acids is 2. The number of hydrogen-bond donors (Lipinski definition) is 1. The summed E-state index contributed by atoms with van der Waals surface area (Å²) in [6, 6.07) is 19.4. The minimum atomic E-state index is -0.805. The van der Waals surface area contributed by atoms with Gasteiger partial charge in [0.15, 0.2) is 5.13 Å². The number of thiazole rings is 1. The molecule has 3 aromatic carbocycles. The summed E-state index contributed by atoms with van der Waals surface area (Å²) in [5.41, 5.74) is 2.96. The molecule has 0 radical (unpaired) electrons. The molecule has 1 unspecified atom stereocenters. The van der Waals surface area contributed by atoms with Crippen molar-refractivity contribution in [1.29, 1.82) is 0 Å². The fraction of sp³-hybridized carbons (Fsp3) is 0.115. The molecule has 0 saturated carbocycles. The highest BCUT2D eigenvalue weighted by Gasteiger charge is 2.48. The van der Waals surface area contributed by atoms with Crippen LogP contribution in [0.15, 0.2) is 72.3 Å². The van der Waals surface area contributed by atoms with E-state index in [2.05, 4.69) is 27.6 Å². The number of methoxy groups -OCH3 is 1. The maximum Gasteiger partial charge on any atom is 0.301 e. The summed E-state index contributed by atoms with van der Waals surface area (Å²) < 4.78 is 7.15. The zero-order valence-electron chi connectivity index (χ0n) is 18.3. The Morgan fingerprint density at radius 3 is 2.44 bits per heavy atom. The molecule has 1 aliphatic rings. The quantitative estimate of drug-likeness (QED) is 0.142. The number of nitrogens with zero attached hydrogens (tertiary/aromatic N) is 2. The zero-order chi connectivity index (χ0) is 24.0. The first-order valence-corrected chi connectivity index (χ1v) is 12.3. The fourth-order valence-corrected chi connectivity index (χ4v) is 5.36. The molecule has 1 fully saturated rings. The molecule has 0 spiro atoms. The van der Waals surface area contributed by atoms with Crippen LogP contribution in [0.5, 0.6) is 5.75 Å². The second kappa shape index (κ2) is 8.84. The van der Waals surface area contributed by atoms with Crippen LogP contribution in [0.4, 0.5) is 5.13 Å². The molecule has 0 bridgehead atoms. The Morgan fingerprint density at radius 2 is 1.76 bits per heavy atom. The van der Waals surface area contributed by atoms with Gasteiger partial charge in [-0.15, -0.1) is 0 Å². The summed E-state index contributed by atoms with van der Waals surface area (Å²) in [4.78, 5) is 32.6. The van der Waals surface area contributed by atoms with E-state index in [4.69, 9.17) is 4.74 Å². The number of aliphatic hydroxyl groups is 1. The van der Waals surface area contributed by atoms with Crippen LogP contribution < -0.4 is 9.64 Å². The monoisotopic (exact) mass is 582 g/mol. The number of fused-ring (bicyclic) bond motifs is 1. The van der Waals surface area contributed by atoms with Gasteiger partial charge >= 0.3 is 5.91 Å².